The van der Waals surface area contributed by atoms with Crippen LogP contribution < -0.4 is 0 Å². The molecular formula is C7H6F10O2. The number of rotatable bonds is 4. The van der Waals surface area contributed by atoms with Crippen molar-refractivity contribution in [1.29, 1.82) is 0 Å². The fourth-order valence-corrected chi connectivity index (χ4v) is 1.49. The summed E-state index contributed by atoms with van der Waals surface area (Å²) in [5, 5.41) is 15.9. The molecular weight excluding hydrogens is 306 g/mol. The van der Waals surface area contributed by atoms with Crippen LogP contribution in [-0.4, -0.2) is 47.6 Å². The quantitative estimate of drug-likeness (QED) is 0.783. The number of hydrogen-bond donors (Lipinski definition) is 2. The average Bonchev–Trinajstić information content (AvgIpc) is 2.12. The Kier molecular flexibility index (Phi) is 4.46. The number of hydrogen-bond acceptors (Lipinski definition) is 2. The zero-order valence-corrected chi connectivity index (χ0v) is 8.59. The van der Waals surface area contributed by atoms with Gasteiger partial charge in [0.05, 0.1) is 0 Å². The van der Waals surface area contributed by atoms with E-state index in [9.17, 15) is 43.9 Å². The molecule has 0 amide bonds. The van der Waals surface area contributed by atoms with Crippen LogP contribution in [0.4, 0.5) is 43.9 Å². The average molecular weight is 312 g/mol. The van der Waals surface area contributed by atoms with E-state index in [4.69, 9.17) is 10.2 Å². The highest BCUT2D eigenvalue weighted by Gasteiger charge is 2.91. The van der Waals surface area contributed by atoms with E-state index in [2.05, 4.69) is 0 Å². The molecule has 0 spiro atoms. The Labute approximate surface area is 98.2 Å². The predicted molar refractivity (Wildman–Crippen MR) is 38.6 cm³/mol. The molecule has 0 aromatic carbocycles. The lowest BCUT2D eigenvalue weighted by Gasteiger charge is -2.45. The maximum atomic E-state index is 12.9. The Balaban J connectivity index is 6.59. The number of aliphatic hydroxyl groups is 2. The third-order valence-electron chi connectivity index (χ3n) is 2.34. The van der Waals surface area contributed by atoms with Gasteiger partial charge < -0.3 is 10.2 Å². The topological polar surface area (TPSA) is 40.5 Å². The molecule has 0 radical (unpaired) electrons. The van der Waals surface area contributed by atoms with Gasteiger partial charge >= 0.3 is 12.4 Å². The molecule has 0 saturated carbocycles. The Morgan fingerprint density at radius 2 is 0.737 bits per heavy atom. The molecule has 19 heavy (non-hydrogen) atoms. The number of aliphatic hydroxyl groups excluding tert-OH is 2. The van der Waals surface area contributed by atoms with Crippen molar-refractivity contribution in [3.63, 3.8) is 0 Å². The molecule has 2 nitrogen and oxygen atoms in total. The van der Waals surface area contributed by atoms with Crippen LogP contribution in [0.5, 0.6) is 0 Å². The summed E-state index contributed by atoms with van der Waals surface area (Å²) in [4.78, 5) is 0. The Hall–Kier alpha value is -0.780. The molecule has 0 aliphatic carbocycles. The summed E-state index contributed by atoms with van der Waals surface area (Å²) >= 11 is 0. The molecule has 12 heteroatoms. The Morgan fingerprint density at radius 1 is 0.526 bits per heavy atom. The lowest BCUT2D eigenvalue weighted by Crippen LogP contribution is -2.71. The molecule has 0 fully saturated rings. The molecule has 0 aromatic rings. The van der Waals surface area contributed by atoms with E-state index in [1.54, 1.807) is 0 Å². The van der Waals surface area contributed by atoms with Gasteiger partial charge in [0, 0.05) is 0 Å². The van der Waals surface area contributed by atoms with Crippen LogP contribution in [0, 0.1) is 5.41 Å². The molecule has 0 unspecified atom stereocenters. The maximum Gasteiger partial charge on any atom is 0.415 e. The monoisotopic (exact) mass is 312 g/mol. The van der Waals surface area contributed by atoms with E-state index in [1.165, 1.54) is 0 Å². The minimum atomic E-state index is -7.18. The first-order valence-corrected chi connectivity index (χ1v) is 4.23. The van der Waals surface area contributed by atoms with Gasteiger partial charge in [-0.15, -0.1) is 0 Å². The molecule has 0 aliphatic rings. The molecule has 0 bridgehead atoms. The van der Waals surface area contributed by atoms with Crippen LogP contribution in [-0.2, 0) is 0 Å². The van der Waals surface area contributed by atoms with Crippen molar-refractivity contribution in [2.45, 2.75) is 24.2 Å². The molecule has 2 N–H and O–H groups in total. The molecule has 0 saturated heterocycles. The van der Waals surface area contributed by atoms with Crippen LogP contribution in [0.3, 0.4) is 0 Å². The van der Waals surface area contributed by atoms with Gasteiger partial charge in [0.1, 0.15) is 13.2 Å². The minimum Gasteiger partial charge on any atom is -0.390 e. The summed E-state index contributed by atoms with van der Waals surface area (Å²) in [6.45, 7) is -6.27. The van der Waals surface area contributed by atoms with Gasteiger partial charge in [-0.2, -0.15) is 26.3 Å². The second-order valence-electron chi connectivity index (χ2n) is 3.47. The molecule has 0 rings (SSSR count). The molecule has 116 valence electrons. The number of alkyl halides is 10. The van der Waals surface area contributed by atoms with Crippen LogP contribution in [0.15, 0.2) is 0 Å². The maximum absolute atomic E-state index is 12.9. The van der Waals surface area contributed by atoms with E-state index in [1.807, 2.05) is 0 Å². The molecule has 0 atom stereocenters. The summed E-state index contributed by atoms with van der Waals surface area (Å²) < 4.78 is 125. The lowest BCUT2D eigenvalue weighted by atomic mass is 9.73. The van der Waals surface area contributed by atoms with Crippen molar-refractivity contribution in [3.05, 3.63) is 0 Å². The molecule has 0 heterocycles. The second-order valence-corrected chi connectivity index (χ2v) is 3.47. The minimum absolute atomic E-state index is 3.14. The highest BCUT2D eigenvalue weighted by molar-refractivity contribution is 5.11. The predicted octanol–water partition coefficient (Wildman–Crippen LogP) is 2.35. The Morgan fingerprint density at radius 3 is 0.842 bits per heavy atom. The summed E-state index contributed by atoms with van der Waals surface area (Å²) in [5.41, 5.74) is -6.90. The van der Waals surface area contributed by atoms with Crippen molar-refractivity contribution in [1.82, 2.24) is 0 Å². The fourth-order valence-electron chi connectivity index (χ4n) is 1.49. The van der Waals surface area contributed by atoms with E-state index in [-0.39, 0.29) is 0 Å². The van der Waals surface area contributed by atoms with Gasteiger partial charge in [-0.3, -0.25) is 0 Å². The van der Waals surface area contributed by atoms with E-state index in [0.29, 0.717) is 0 Å². The SMILES string of the molecule is OCC(F)(F)C(C(F)(F)F)(C(F)(F)F)C(F)(F)CO. The first kappa shape index (κ1) is 18.2. The summed E-state index contributed by atoms with van der Waals surface area (Å²) in [5.74, 6) is -12.6. The zero-order valence-electron chi connectivity index (χ0n) is 8.59. The van der Waals surface area contributed by atoms with Gasteiger partial charge in [-0.1, -0.05) is 0 Å². The largest absolute Gasteiger partial charge is 0.415 e. The third kappa shape index (κ3) is 2.35. The highest BCUT2D eigenvalue weighted by atomic mass is 19.4. The zero-order chi connectivity index (χ0) is 15.9. The van der Waals surface area contributed by atoms with Crippen LogP contribution in [0.25, 0.3) is 0 Å². The van der Waals surface area contributed by atoms with Gasteiger partial charge in [-0.05, 0) is 0 Å². The Bertz CT molecular complexity index is 285. The van der Waals surface area contributed by atoms with Crippen molar-refractivity contribution in [2.75, 3.05) is 13.2 Å². The van der Waals surface area contributed by atoms with Crippen molar-refractivity contribution in [3.8, 4) is 0 Å². The van der Waals surface area contributed by atoms with Gasteiger partial charge in [-0.25, -0.2) is 17.6 Å². The summed E-state index contributed by atoms with van der Waals surface area (Å²) in [7, 11) is 0. The standard InChI is InChI=1S/C7H6F10O2/c8-3(9,1-18)5(6(12,13)14,7(15,16)17)4(10,11)2-19/h18-19H,1-2H2. The summed E-state index contributed by atoms with van der Waals surface area (Å²) in [6, 6.07) is 0. The first-order chi connectivity index (χ1) is 8.12. The van der Waals surface area contributed by atoms with Crippen molar-refractivity contribution >= 4 is 0 Å². The normalized spacial score (nSPS) is 15.8. The van der Waals surface area contributed by atoms with Gasteiger partial charge in [0.15, 0.2) is 0 Å². The van der Waals surface area contributed by atoms with Crippen LogP contribution in [0.1, 0.15) is 0 Å². The van der Waals surface area contributed by atoms with E-state index < -0.39 is 42.8 Å². The molecule has 0 aromatic heterocycles. The lowest BCUT2D eigenvalue weighted by molar-refractivity contribution is -0.457. The van der Waals surface area contributed by atoms with Crippen LogP contribution >= 0.6 is 0 Å². The summed E-state index contributed by atoms with van der Waals surface area (Å²) in [6.07, 6.45) is -14.4. The van der Waals surface area contributed by atoms with Gasteiger partial charge in [0.2, 0.25) is 0 Å². The molecule has 0 aliphatic heterocycles. The second kappa shape index (κ2) is 4.65. The van der Waals surface area contributed by atoms with Crippen molar-refractivity contribution in [2.24, 2.45) is 5.41 Å². The first-order valence-electron chi connectivity index (χ1n) is 4.23. The van der Waals surface area contributed by atoms with E-state index in [0.717, 1.165) is 0 Å². The third-order valence-corrected chi connectivity index (χ3v) is 2.34. The highest BCUT2D eigenvalue weighted by Crippen LogP contribution is 2.65. The van der Waals surface area contributed by atoms with Crippen molar-refractivity contribution < 1.29 is 54.1 Å². The number of halogens is 10. The van der Waals surface area contributed by atoms with Gasteiger partial charge in [0.25, 0.3) is 17.3 Å². The smallest absolute Gasteiger partial charge is 0.390 e. The fraction of sp³-hybridized carbons (Fsp3) is 1.00. The van der Waals surface area contributed by atoms with E-state index >= 15 is 0 Å². The van der Waals surface area contributed by atoms with Crippen LogP contribution in [0.2, 0.25) is 0 Å².